The smallest absolute Gasteiger partial charge is 0.241 e. The third-order valence-electron chi connectivity index (χ3n) is 0.731. The number of carbonyl (C=O) groups is 1. The molecule has 0 spiro atoms. The van der Waals surface area contributed by atoms with E-state index in [0.29, 0.717) is 6.54 Å². The molecular formula is C3H6N2OS2. The molecule has 8 heavy (non-hydrogen) atoms. The number of nitrogens with zero attached hydrogens (tertiary/aromatic N) is 1. The summed E-state index contributed by atoms with van der Waals surface area (Å²) in [5.41, 5.74) is 0. The molecule has 3 nitrogen and oxygen atoms in total. The highest BCUT2D eigenvalue weighted by Crippen LogP contribution is 2.15. The summed E-state index contributed by atoms with van der Waals surface area (Å²) in [6.45, 7) is 0.506. The molecule has 0 saturated heterocycles. The molecule has 5 heteroatoms. The average Bonchev–Trinajstić information content (AvgIpc) is 2.50. The van der Waals surface area contributed by atoms with E-state index in [1.165, 1.54) is 0 Å². The van der Waals surface area contributed by atoms with Crippen molar-refractivity contribution in [1.82, 2.24) is 8.66 Å². The third-order valence-corrected chi connectivity index (χ3v) is 2.43. The van der Waals surface area contributed by atoms with Gasteiger partial charge < -0.3 is 5.32 Å². The second kappa shape index (κ2) is 2.32. The van der Waals surface area contributed by atoms with Gasteiger partial charge in [-0.2, -0.15) is 0 Å². The summed E-state index contributed by atoms with van der Waals surface area (Å²) in [5.74, 6) is 0.0718. The van der Waals surface area contributed by atoms with Gasteiger partial charge in [0.1, 0.15) is 6.54 Å². The number of carbonyl (C=O) groups excluding carboxylic acids is 1. The molecule has 1 amide bonds. The van der Waals surface area contributed by atoms with Gasteiger partial charge in [0.15, 0.2) is 0 Å². The third kappa shape index (κ3) is 1.67. The van der Waals surface area contributed by atoms with Gasteiger partial charge in [0, 0.05) is 28.1 Å². The SMILES string of the molecule is CNC(=O)Cn1ss1. The zero-order valence-corrected chi connectivity index (χ0v) is 6.01. The van der Waals surface area contributed by atoms with Crippen molar-refractivity contribution in [1.29, 1.82) is 0 Å². The summed E-state index contributed by atoms with van der Waals surface area (Å²) < 4.78 is 1.90. The maximum Gasteiger partial charge on any atom is 0.241 e. The van der Waals surface area contributed by atoms with Crippen LogP contribution in [0.4, 0.5) is 0 Å². The van der Waals surface area contributed by atoms with Crippen LogP contribution in [0.1, 0.15) is 0 Å². The average molecular weight is 150 g/mol. The Bertz CT molecular complexity index is 155. The van der Waals surface area contributed by atoms with Gasteiger partial charge in [-0.3, -0.25) is 4.79 Å². The highest BCUT2D eigenvalue weighted by molar-refractivity contribution is 7.76. The van der Waals surface area contributed by atoms with E-state index < -0.39 is 0 Å². The fourth-order valence-corrected chi connectivity index (χ4v) is 1.12. The molecule has 46 valence electrons. The first-order chi connectivity index (χ1) is 3.83. The quantitative estimate of drug-likeness (QED) is 0.607. The molecule has 0 aliphatic carbocycles. The Morgan fingerprint density at radius 3 is 2.75 bits per heavy atom. The molecule has 0 aliphatic rings. The van der Waals surface area contributed by atoms with Crippen molar-refractivity contribution in [2.24, 2.45) is 0 Å². The van der Waals surface area contributed by atoms with Crippen LogP contribution >= 0.6 is 21.1 Å². The second-order valence-electron chi connectivity index (χ2n) is 1.31. The molecule has 1 heterocycles. The van der Waals surface area contributed by atoms with E-state index in [1.807, 2.05) is 3.35 Å². The summed E-state index contributed by atoms with van der Waals surface area (Å²) >= 11 is 0. The molecule has 0 unspecified atom stereocenters. The van der Waals surface area contributed by atoms with Crippen LogP contribution in [0.2, 0.25) is 0 Å². The van der Waals surface area contributed by atoms with Gasteiger partial charge in [0.05, 0.1) is 0 Å². The Balaban J connectivity index is 2.21. The van der Waals surface area contributed by atoms with Crippen LogP contribution in [-0.4, -0.2) is 16.3 Å². The molecule has 0 aliphatic heterocycles. The normalized spacial score (nSPS) is 9.62. The topological polar surface area (TPSA) is 34.0 Å². The van der Waals surface area contributed by atoms with Gasteiger partial charge in [0.25, 0.3) is 0 Å². The van der Waals surface area contributed by atoms with Crippen molar-refractivity contribution in [2.45, 2.75) is 6.54 Å². The fourth-order valence-electron chi connectivity index (χ4n) is 0.273. The summed E-state index contributed by atoms with van der Waals surface area (Å²) in [6.07, 6.45) is 0. The van der Waals surface area contributed by atoms with E-state index in [4.69, 9.17) is 0 Å². The van der Waals surface area contributed by atoms with Crippen LogP contribution in [0.5, 0.6) is 0 Å². The molecule has 0 saturated carbocycles. The van der Waals surface area contributed by atoms with Gasteiger partial charge in [-0.15, -0.1) is 0 Å². The molecule has 1 N–H and O–H groups in total. The first-order valence-electron chi connectivity index (χ1n) is 2.16. The van der Waals surface area contributed by atoms with E-state index in [9.17, 15) is 4.79 Å². The van der Waals surface area contributed by atoms with Gasteiger partial charge in [-0.05, 0) is 0 Å². The van der Waals surface area contributed by atoms with Gasteiger partial charge >= 0.3 is 0 Å². The van der Waals surface area contributed by atoms with Crippen LogP contribution in [0.15, 0.2) is 0 Å². The predicted octanol–water partition coefficient (Wildman–Crippen LogP) is 0.357. The van der Waals surface area contributed by atoms with Gasteiger partial charge in [-0.25, -0.2) is 3.35 Å². The van der Waals surface area contributed by atoms with Crippen LogP contribution in [-0.2, 0) is 11.3 Å². The number of hydrogen-bond donors (Lipinski definition) is 1. The Morgan fingerprint density at radius 2 is 2.38 bits per heavy atom. The van der Waals surface area contributed by atoms with Crippen LogP contribution < -0.4 is 5.32 Å². The summed E-state index contributed by atoms with van der Waals surface area (Å²) in [5, 5.41) is 2.53. The number of amides is 1. The van der Waals surface area contributed by atoms with E-state index in [1.54, 1.807) is 28.1 Å². The fraction of sp³-hybridized carbons (Fsp3) is 0.667. The molecule has 0 bridgehead atoms. The van der Waals surface area contributed by atoms with Crippen molar-refractivity contribution < 1.29 is 4.79 Å². The zero-order valence-electron chi connectivity index (χ0n) is 4.38. The molecule has 0 atom stereocenters. The summed E-state index contributed by atoms with van der Waals surface area (Å²) in [4.78, 5) is 10.5. The first-order valence-corrected chi connectivity index (χ1v) is 4.22. The van der Waals surface area contributed by atoms with Gasteiger partial charge in [-0.1, -0.05) is 0 Å². The summed E-state index contributed by atoms with van der Waals surface area (Å²) in [7, 11) is 4.84. The van der Waals surface area contributed by atoms with E-state index >= 15 is 0 Å². The Hall–Kier alpha value is -0.290. The lowest BCUT2D eigenvalue weighted by atomic mass is 10.6. The molecular weight excluding hydrogens is 144 g/mol. The van der Waals surface area contributed by atoms with E-state index in [0.717, 1.165) is 0 Å². The second-order valence-corrected chi connectivity index (χ2v) is 3.62. The largest absolute Gasteiger partial charge is 0.358 e. The van der Waals surface area contributed by atoms with Crippen molar-refractivity contribution in [3.8, 4) is 0 Å². The van der Waals surface area contributed by atoms with Crippen LogP contribution in [0.3, 0.4) is 0 Å². The minimum Gasteiger partial charge on any atom is -0.358 e. The van der Waals surface area contributed by atoms with Crippen LogP contribution in [0.25, 0.3) is 0 Å². The Kier molecular flexibility index (Phi) is 1.69. The highest BCUT2D eigenvalue weighted by atomic mass is 33.0. The number of rotatable bonds is 2. The lowest BCUT2D eigenvalue weighted by Gasteiger charge is -1.90. The lowest BCUT2D eigenvalue weighted by molar-refractivity contribution is -0.120. The number of nitrogens with one attached hydrogen (secondary N) is 1. The number of aromatic nitrogens is 1. The predicted molar refractivity (Wildman–Crippen MR) is 34.3 cm³/mol. The van der Waals surface area contributed by atoms with Crippen molar-refractivity contribution in [3.05, 3.63) is 0 Å². The maximum atomic E-state index is 10.5. The highest BCUT2D eigenvalue weighted by Gasteiger charge is 2.02. The number of likely N-dealkylation sites (N-methyl/N-ethyl adjacent to an activating group) is 1. The van der Waals surface area contributed by atoms with Crippen LogP contribution in [0, 0.1) is 0 Å². The first kappa shape index (κ1) is 5.84. The molecule has 1 aromatic heterocycles. The molecule has 0 aromatic carbocycles. The summed E-state index contributed by atoms with van der Waals surface area (Å²) in [6, 6.07) is 0. The molecule has 1 rings (SSSR count). The van der Waals surface area contributed by atoms with E-state index in [-0.39, 0.29) is 5.91 Å². The van der Waals surface area contributed by atoms with Crippen molar-refractivity contribution in [2.75, 3.05) is 7.05 Å². The van der Waals surface area contributed by atoms with E-state index in [2.05, 4.69) is 5.32 Å². The van der Waals surface area contributed by atoms with Crippen molar-refractivity contribution in [3.63, 3.8) is 0 Å². The van der Waals surface area contributed by atoms with Gasteiger partial charge in [0.2, 0.25) is 5.91 Å². The number of hydrogen-bond acceptors (Lipinski definition) is 3. The standard InChI is InChI=1S/C3H6N2OS2/c1-4-3(6)2-5-7-8-5/h2H2,1H3,(H,4,6). The lowest BCUT2D eigenvalue weighted by Crippen LogP contribution is -2.20. The minimum atomic E-state index is 0.0718. The van der Waals surface area contributed by atoms with Crippen molar-refractivity contribution >= 4 is 27.0 Å². The molecule has 0 fully saturated rings. The minimum absolute atomic E-state index is 0.0718. The monoisotopic (exact) mass is 150 g/mol. The maximum absolute atomic E-state index is 10.5. The molecule has 1 aromatic rings. The Morgan fingerprint density at radius 1 is 1.75 bits per heavy atom. The zero-order chi connectivity index (χ0) is 5.98. The molecule has 0 radical (unpaired) electrons. The Labute approximate surface area is 54.6 Å².